The molecular formula is C12H22N2O3. The molecule has 0 heterocycles. The van der Waals surface area contributed by atoms with E-state index in [0.29, 0.717) is 19.4 Å². The van der Waals surface area contributed by atoms with Crippen LogP contribution in [0.3, 0.4) is 0 Å². The lowest BCUT2D eigenvalue weighted by atomic mass is 10.1. The molecule has 0 aromatic carbocycles. The van der Waals surface area contributed by atoms with Gasteiger partial charge in [-0.05, 0) is 19.9 Å². The summed E-state index contributed by atoms with van der Waals surface area (Å²) in [6, 6.07) is -0.119. The summed E-state index contributed by atoms with van der Waals surface area (Å²) >= 11 is 0. The van der Waals surface area contributed by atoms with Crippen molar-refractivity contribution in [3.05, 3.63) is 12.7 Å². The Morgan fingerprint density at radius 3 is 2.71 bits per heavy atom. The number of likely N-dealkylation sites (N-methyl/N-ethyl adjacent to an activating group) is 1. The minimum Gasteiger partial charge on any atom is -0.445 e. The van der Waals surface area contributed by atoms with Gasteiger partial charge in [0.15, 0.2) is 0 Å². The van der Waals surface area contributed by atoms with Gasteiger partial charge < -0.3 is 15.4 Å². The number of ether oxygens (including phenoxy) is 1. The minimum absolute atomic E-state index is 0.119. The first-order chi connectivity index (χ1) is 8.15. The van der Waals surface area contributed by atoms with Gasteiger partial charge in [-0.1, -0.05) is 19.6 Å². The number of hydrogen-bond acceptors (Lipinski definition) is 4. The Kier molecular flexibility index (Phi) is 9.05. The highest BCUT2D eigenvalue weighted by molar-refractivity contribution is 5.83. The van der Waals surface area contributed by atoms with E-state index in [1.807, 2.05) is 6.92 Å². The van der Waals surface area contributed by atoms with Crippen molar-refractivity contribution in [2.24, 2.45) is 0 Å². The number of rotatable bonds is 9. The molecule has 0 unspecified atom stereocenters. The van der Waals surface area contributed by atoms with E-state index in [4.69, 9.17) is 4.74 Å². The van der Waals surface area contributed by atoms with E-state index in [0.717, 1.165) is 6.42 Å². The molecule has 0 saturated carbocycles. The maximum Gasteiger partial charge on any atom is 0.407 e. The van der Waals surface area contributed by atoms with Crippen molar-refractivity contribution in [2.45, 2.75) is 32.2 Å². The molecule has 1 amide bonds. The maximum absolute atomic E-state index is 11.4. The first-order valence-electron chi connectivity index (χ1n) is 5.87. The van der Waals surface area contributed by atoms with Crippen LogP contribution < -0.4 is 10.6 Å². The zero-order valence-corrected chi connectivity index (χ0v) is 10.6. The molecule has 0 bridgehead atoms. The third-order valence-electron chi connectivity index (χ3n) is 2.36. The summed E-state index contributed by atoms with van der Waals surface area (Å²) in [5, 5.41) is 5.57. The van der Waals surface area contributed by atoms with E-state index in [9.17, 15) is 9.59 Å². The maximum atomic E-state index is 11.4. The largest absolute Gasteiger partial charge is 0.445 e. The molecule has 98 valence electrons. The Morgan fingerprint density at radius 1 is 1.47 bits per heavy atom. The van der Waals surface area contributed by atoms with Crippen LogP contribution in [0.25, 0.3) is 0 Å². The Labute approximate surface area is 103 Å². The molecule has 5 heteroatoms. The lowest BCUT2D eigenvalue weighted by Gasteiger charge is -2.13. The summed E-state index contributed by atoms with van der Waals surface area (Å²) < 4.78 is 4.74. The van der Waals surface area contributed by atoms with E-state index in [1.165, 1.54) is 6.08 Å². The Hall–Kier alpha value is -1.36. The van der Waals surface area contributed by atoms with Gasteiger partial charge in [0.2, 0.25) is 0 Å². The number of hydrogen-bond donors (Lipinski definition) is 2. The quantitative estimate of drug-likeness (QED) is 0.471. The van der Waals surface area contributed by atoms with E-state index in [-0.39, 0.29) is 18.4 Å². The highest BCUT2D eigenvalue weighted by atomic mass is 16.5. The van der Waals surface area contributed by atoms with E-state index >= 15 is 0 Å². The summed E-state index contributed by atoms with van der Waals surface area (Å²) in [5.74, 6) is 0.196. The summed E-state index contributed by atoms with van der Waals surface area (Å²) in [7, 11) is 1.77. The molecule has 0 radical (unpaired) electrons. The lowest BCUT2D eigenvalue weighted by Crippen LogP contribution is -2.34. The van der Waals surface area contributed by atoms with Crippen molar-refractivity contribution in [2.75, 3.05) is 20.2 Å². The van der Waals surface area contributed by atoms with Gasteiger partial charge in [-0.25, -0.2) is 4.79 Å². The number of carbonyl (C=O) groups excluding carboxylic acids is 2. The number of ketones is 1. The second-order valence-corrected chi connectivity index (χ2v) is 3.62. The van der Waals surface area contributed by atoms with Gasteiger partial charge in [-0.3, -0.25) is 4.79 Å². The lowest BCUT2D eigenvalue weighted by molar-refractivity contribution is -0.120. The van der Waals surface area contributed by atoms with Crippen LogP contribution in [0.5, 0.6) is 0 Å². The second-order valence-electron chi connectivity index (χ2n) is 3.62. The van der Waals surface area contributed by atoms with Crippen LogP contribution in [0.4, 0.5) is 4.79 Å². The van der Waals surface area contributed by atoms with Gasteiger partial charge in [0.05, 0.1) is 6.04 Å². The fourth-order valence-corrected chi connectivity index (χ4v) is 1.39. The molecule has 0 aliphatic heterocycles. The van der Waals surface area contributed by atoms with Crippen LogP contribution in [-0.2, 0) is 9.53 Å². The molecule has 0 rings (SSSR count). The fourth-order valence-electron chi connectivity index (χ4n) is 1.39. The molecule has 0 aromatic rings. The summed E-state index contributed by atoms with van der Waals surface area (Å²) in [6.45, 7) is 6.00. The molecule has 5 nitrogen and oxygen atoms in total. The van der Waals surface area contributed by atoms with Crippen molar-refractivity contribution in [3.63, 3.8) is 0 Å². The first-order valence-corrected chi connectivity index (χ1v) is 5.87. The summed E-state index contributed by atoms with van der Waals surface area (Å²) in [5.41, 5.74) is 0. The predicted molar refractivity (Wildman–Crippen MR) is 66.9 cm³/mol. The Bertz CT molecular complexity index is 254. The summed E-state index contributed by atoms with van der Waals surface area (Å²) in [6.07, 6.45) is 3.04. The number of Topliss-reactive ketones (excluding diaryl/α,β-unsaturated/α-hetero) is 1. The van der Waals surface area contributed by atoms with Crippen molar-refractivity contribution < 1.29 is 14.3 Å². The van der Waals surface area contributed by atoms with Crippen molar-refractivity contribution in [3.8, 4) is 0 Å². The van der Waals surface area contributed by atoms with Crippen LogP contribution in [0.1, 0.15) is 26.2 Å². The minimum atomic E-state index is -0.451. The average molecular weight is 242 g/mol. The first kappa shape index (κ1) is 15.6. The van der Waals surface area contributed by atoms with E-state index in [1.54, 1.807) is 7.05 Å². The zero-order chi connectivity index (χ0) is 13.1. The standard InChI is InChI=1S/C12H22N2O3/c1-4-9-17-12(16)14-8-6-7-10(13-3)11(15)5-2/h4,10,13H,1,5-9H2,2-3H3,(H,14,16)/t10-/m1/s1. The molecule has 0 aliphatic carbocycles. The molecule has 2 N–H and O–H groups in total. The average Bonchev–Trinajstić information content (AvgIpc) is 2.35. The molecule has 0 saturated heterocycles. The van der Waals surface area contributed by atoms with Crippen LogP contribution in [-0.4, -0.2) is 38.1 Å². The van der Waals surface area contributed by atoms with Gasteiger partial charge in [-0.2, -0.15) is 0 Å². The molecule has 0 aromatic heterocycles. The van der Waals surface area contributed by atoms with Gasteiger partial charge in [0.25, 0.3) is 0 Å². The van der Waals surface area contributed by atoms with Crippen LogP contribution in [0, 0.1) is 0 Å². The van der Waals surface area contributed by atoms with Crippen molar-refractivity contribution in [1.82, 2.24) is 10.6 Å². The van der Waals surface area contributed by atoms with E-state index < -0.39 is 6.09 Å². The summed E-state index contributed by atoms with van der Waals surface area (Å²) in [4.78, 5) is 22.5. The van der Waals surface area contributed by atoms with Crippen LogP contribution >= 0.6 is 0 Å². The van der Waals surface area contributed by atoms with Gasteiger partial charge in [0.1, 0.15) is 12.4 Å². The fraction of sp³-hybridized carbons (Fsp3) is 0.667. The number of nitrogens with one attached hydrogen (secondary N) is 2. The Balaban J connectivity index is 3.64. The second kappa shape index (κ2) is 9.84. The SMILES string of the molecule is C=CCOC(=O)NCCC[C@@H](NC)C(=O)CC. The van der Waals surface area contributed by atoms with Crippen LogP contribution in [0.2, 0.25) is 0 Å². The predicted octanol–water partition coefficient (Wildman–Crippen LogP) is 1.25. The van der Waals surface area contributed by atoms with Gasteiger partial charge in [0, 0.05) is 13.0 Å². The number of carbonyl (C=O) groups is 2. The molecule has 17 heavy (non-hydrogen) atoms. The number of alkyl carbamates (subject to hydrolysis) is 1. The van der Waals surface area contributed by atoms with Crippen LogP contribution in [0.15, 0.2) is 12.7 Å². The molecular weight excluding hydrogens is 220 g/mol. The van der Waals surface area contributed by atoms with Crippen molar-refractivity contribution in [1.29, 1.82) is 0 Å². The van der Waals surface area contributed by atoms with Gasteiger partial charge in [-0.15, -0.1) is 0 Å². The highest BCUT2D eigenvalue weighted by Crippen LogP contribution is 2.00. The molecule has 0 fully saturated rings. The third kappa shape index (κ3) is 7.52. The van der Waals surface area contributed by atoms with E-state index in [2.05, 4.69) is 17.2 Å². The number of amides is 1. The zero-order valence-electron chi connectivity index (χ0n) is 10.6. The highest BCUT2D eigenvalue weighted by Gasteiger charge is 2.13. The molecule has 0 spiro atoms. The topological polar surface area (TPSA) is 67.4 Å². The van der Waals surface area contributed by atoms with Crippen molar-refractivity contribution >= 4 is 11.9 Å². The normalized spacial score (nSPS) is 11.6. The monoisotopic (exact) mass is 242 g/mol. The third-order valence-corrected chi connectivity index (χ3v) is 2.36. The smallest absolute Gasteiger partial charge is 0.407 e. The Morgan fingerprint density at radius 2 is 2.18 bits per heavy atom. The van der Waals surface area contributed by atoms with Gasteiger partial charge >= 0.3 is 6.09 Å². The molecule has 0 aliphatic rings. The molecule has 1 atom stereocenters.